The van der Waals surface area contributed by atoms with Crippen molar-refractivity contribution in [1.29, 1.82) is 0 Å². The summed E-state index contributed by atoms with van der Waals surface area (Å²) in [6.07, 6.45) is 0. The molecule has 2 unspecified atom stereocenters. The third-order valence-electron chi connectivity index (χ3n) is 3.82. The van der Waals surface area contributed by atoms with Crippen molar-refractivity contribution in [3.63, 3.8) is 0 Å². The summed E-state index contributed by atoms with van der Waals surface area (Å²) in [5.41, 5.74) is 0.799. The van der Waals surface area contributed by atoms with Crippen LogP contribution in [-0.4, -0.2) is 47.6 Å². The molecule has 1 saturated heterocycles. The van der Waals surface area contributed by atoms with Gasteiger partial charge in [-0.25, -0.2) is 4.39 Å². The Morgan fingerprint density at radius 1 is 1.39 bits per heavy atom. The first-order valence-corrected chi connectivity index (χ1v) is 6.41. The number of phenols is 1. The molecule has 1 N–H and O–H groups in total. The van der Waals surface area contributed by atoms with Crippen LogP contribution in [-0.2, 0) is 0 Å². The fourth-order valence-corrected chi connectivity index (χ4v) is 2.78. The van der Waals surface area contributed by atoms with Gasteiger partial charge in [0, 0.05) is 43.3 Å². The molecule has 0 aromatic heterocycles. The van der Waals surface area contributed by atoms with Gasteiger partial charge in [-0.15, -0.1) is 0 Å². The summed E-state index contributed by atoms with van der Waals surface area (Å²) in [5.74, 6) is -0.344. The van der Waals surface area contributed by atoms with Crippen LogP contribution in [0.2, 0.25) is 0 Å². The van der Waals surface area contributed by atoms with Crippen molar-refractivity contribution in [2.24, 2.45) is 0 Å². The quantitative estimate of drug-likeness (QED) is 0.874. The Morgan fingerprint density at radius 3 is 2.72 bits per heavy atom. The third-order valence-corrected chi connectivity index (χ3v) is 3.82. The highest BCUT2D eigenvalue weighted by Gasteiger charge is 2.27. The van der Waals surface area contributed by atoms with E-state index in [1.807, 2.05) is 0 Å². The second-order valence-electron chi connectivity index (χ2n) is 5.23. The number of nitrogens with zero attached hydrogens (tertiary/aromatic N) is 2. The van der Waals surface area contributed by atoms with Gasteiger partial charge >= 0.3 is 0 Å². The molecule has 1 heterocycles. The molecule has 18 heavy (non-hydrogen) atoms. The normalized spacial score (nSPS) is 24.1. The third kappa shape index (κ3) is 2.65. The van der Waals surface area contributed by atoms with E-state index in [-0.39, 0.29) is 11.8 Å². The highest BCUT2D eigenvalue weighted by molar-refractivity contribution is 5.35. The van der Waals surface area contributed by atoms with E-state index < -0.39 is 5.82 Å². The van der Waals surface area contributed by atoms with Crippen molar-refractivity contribution in [2.45, 2.75) is 25.9 Å². The molecule has 0 saturated carbocycles. The van der Waals surface area contributed by atoms with Gasteiger partial charge in [-0.1, -0.05) is 6.07 Å². The second kappa shape index (κ2) is 5.24. The molecule has 2 atom stereocenters. The fourth-order valence-electron chi connectivity index (χ4n) is 2.78. The van der Waals surface area contributed by atoms with Crippen LogP contribution in [0.25, 0.3) is 0 Å². The number of piperazine rings is 1. The zero-order chi connectivity index (χ0) is 13.3. The Kier molecular flexibility index (Phi) is 3.88. The van der Waals surface area contributed by atoms with Crippen molar-refractivity contribution < 1.29 is 9.50 Å². The van der Waals surface area contributed by atoms with E-state index in [1.54, 1.807) is 6.07 Å². The fraction of sp³-hybridized carbons (Fsp3) is 0.571. The molecule has 0 bridgehead atoms. The van der Waals surface area contributed by atoms with Crippen LogP contribution >= 0.6 is 0 Å². The molecule has 2 rings (SSSR count). The summed E-state index contributed by atoms with van der Waals surface area (Å²) in [7, 11) is 2.12. The number of hydrogen-bond donors (Lipinski definition) is 1. The van der Waals surface area contributed by atoms with Gasteiger partial charge in [0.2, 0.25) is 0 Å². The van der Waals surface area contributed by atoms with Gasteiger partial charge in [0.15, 0.2) is 0 Å². The Morgan fingerprint density at radius 2 is 2.11 bits per heavy atom. The standard InChI is InChI=1S/C14H21FN2O/c1-10-9-16(3)6-7-17(10)11(2)13-5-4-12(15)8-14(13)18/h4-5,8,10-11,18H,6-7,9H2,1-3H3. The van der Waals surface area contributed by atoms with E-state index in [0.717, 1.165) is 25.2 Å². The van der Waals surface area contributed by atoms with Gasteiger partial charge in [-0.05, 0) is 27.0 Å². The maximum absolute atomic E-state index is 13.0. The molecular formula is C14H21FN2O. The summed E-state index contributed by atoms with van der Waals surface area (Å²) >= 11 is 0. The van der Waals surface area contributed by atoms with Gasteiger partial charge in [0.25, 0.3) is 0 Å². The van der Waals surface area contributed by atoms with E-state index in [2.05, 4.69) is 30.7 Å². The second-order valence-corrected chi connectivity index (χ2v) is 5.23. The molecule has 1 aromatic rings. The Bertz CT molecular complexity index is 424. The van der Waals surface area contributed by atoms with Crippen molar-refractivity contribution in [1.82, 2.24) is 9.80 Å². The molecular weight excluding hydrogens is 231 g/mol. The Balaban J connectivity index is 2.17. The molecule has 1 aliphatic heterocycles. The number of aromatic hydroxyl groups is 1. The minimum atomic E-state index is -0.394. The van der Waals surface area contributed by atoms with Crippen LogP contribution in [0, 0.1) is 5.82 Å². The van der Waals surface area contributed by atoms with Crippen LogP contribution in [0.15, 0.2) is 18.2 Å². The SMILES string of the molecule is CC1CN(C)CCN1C(C)c1ccc(F)cc1O. The van der Waals surface area contributed by atoms with Crippen LogP contribution in [0.4, 0.5) is 4.39 Å². The topological polar surface area (TPSA) is 26.7 Å². The highest BCUT2D eigenvalue weighted by Crippen LogP contribution is 2.31. The van der Waals surface area contributed by atoms with E-state index in [4.69, 9.17) is 0 Å². The van der Waals surface area contributed by atoms with Crippen LogP contribution in [0.1, 0.15) is 25.5 Å². The van der Waals surface area contributed by atoms with Crippen molar-refractivity contribution in [3.8, 4) is 5.75 Å². The summed E-state index contributed by atoms with van der Waals surface area (Å²) in [5, 5.41) is 9.85. The number of phenolic OH excluding ortho intramolecular Hbond substituents is 1. The molecule has 0 amide bonds. The van der Waals surface area contributed by atoms with E-state index >= 15 is 0 Å². The van der Waals surface area contributed by atoms with Crippen molar-refractivity contribution in [2.75, 3.05) is 26.7 Å². The molecule has 0 radical (unpaired) electrons. The first kappa shape index (κ1) is 13.3. The number of rotatable bonds is 2. The first-order valence-electron chi connectivity index (χ1n) is 6.41. The lowest BCUT2D eigenvalue weighted by Gasteiger charge is -2.42. The maximum Gasteiger partial charge on any atom is 0.126 e. The minimum Gasteiger partial charge on any atom is -0.508 e. The monoisotopic (exact) mass is 252 g/mol. The minimum absolute atomic E-state index is 0.0497. The summed E-state index contributed by atoms with van der Waals surface area (Å²) in [6.45, 7) is 7.26. The number of likely N-dealkylation sites (N-methyl/N-ethyl adjacent to an activating group) is 1. The van der Waals surface area contributed by atoms with Gasteiger partial charge < -0.3 is 10.0 Å². The molecule has 0 aliphatic carbocycles. The van der Waals surface area contributed by atoms with Crippen molar-refractivity contribution in [3.05, 3.63) is 29.6 Å². The zero-order valence-electron chi connectivity index (χ0n) is 11.2. The first-order chi connectivity index (χ1) is 8.49. The van der Waals surface area contributed by atoms with Gasteiger partial charge in [-0.3, -0.25) is 4.90 Å². The Labute approximate surface area is 108 Å². The zero-order valence-corrected chi connectivity index (χ0v) is 11.2. The van der Waals surface area contributed by atoms with E-state index in [9.17, 15) is 9.50 Å². The molecule has 4 heteroatoms. The predicted octanol–water partition coefficient (Wildman–Crippen LogP) is 2.23. The summed E-state index contributed by atoms with van der Waals surface area (Å²) in [6, 6.07) is 4.82. The molecule has 1 aliphatic rings. The average molecular weight is 252 g/mol. The van der Waals surface area contributed by atoms with Gasteiger partial charge in [0.1, 0.15) is 11.6 Å². The lowest BCUT2D eigenvalue weighted by Crippen LogP contribution is -2.51. The molecule has 3 nitrogen and oxygen atoms in total. The van der Waals surface area contributed by atoms with Crippen LogP contribution in [0.3, 0.4) is 0 Å². The van der Waals surface area contributed by atoms with Crippen LogP contribution in [0.5, 0.6) is 5.75 Å². The predicted molar refractivity (Wildman–Crippen MR) is 70.1 cm³/mol. The number of halogens is 1. The van der Waals surface area contributed by atoms with E-state index in [1.165, 1.54) is 12.1 Å². The maximum atomic E-state index is 13.0. The molecule has 100 valence electrons. The van der Waals surface area contributed by atoms with Gasteiger partial charge in [-0.2, -0.15) is 0 Å². The van der Waals surface area contributed by atoms with Crippen LogP contribution < -0.4 is 0 Å². The Hall–Kier alpha value is -1.13. The largest absolute Gasteiger partial charge is 0.508 e. The highest BCUT2D eigenvalue weighted by atomic mass is 19.1. The lowest BCUT2D eigenvalue weighted by molar-refractivity contribution is 0.0664. The average Bonchev–Trinajstić information content (AvgIpc) is 2.28. The lowest BCUT2D eigenvalue weighted by atomic mass is 10.0. The smallest absolute Gasteiger partial charge is 0.126 e. The summed E-state index contributed by atoms with van der Waals surface area (Å²) in [4.78, 5) is 4.66. The van der Waals surface area contributed by atoms with E-state index in [0.29, 0.717) is 6.04 Å². The number of hydrogen-bond acceptors (Lipinski definition) is 3. The molecule has 1 aromatic carbocycles. The van der Waals surface area contributed by atoms with Crippen molar-refractivity contribution >= 4 is 0 Å². The van der Waals surface area contributed by atoms with Gasteiger partial charge in [0.05, 0.1) is 0 Å². The molecule has 0 spiro atoms. The summed E-state index contributed by atoms with van der Waals surface area (Å²) < 4.78 is 13.0. The molecule has 1 fully saturated rings. The number of benzene rings is 1.